The monoisotopic (exact) mass is 358 g/mol. The Balaban J connectivity index is 1.50. The van der Waals surface area contributed by atoms with Crippen LogP contribution in [-0.4, -0.2) is 29.9 Å². The minimum atomic E-state index is 0.517. The third-order valence-corrected chi connectivity index (χ3v) is 5.25. The van der Waals surface area contributed by atoms with Crippen molar-refractivity contribution in [3.63, 3.8) is 0 Å². The molecule has 0 amide bonds. The second-order valence-corrected chi connectivity index (χ2v) is 6.82. The van der Waals surface area contributed by atoms with Crippen LogP contribution in [0, 0.1) is 0 Å². The van der Waals surface area contributed by atoms with E-state index in [-0.39, 0.29) is 0 Å². The largest absolute Gasteiger partial charge is 0.367 e. The normalized spacial score (nSPS) is 11.2. The molecule has 0 saturated carbocycles. The first-order chi connectivity index (χ1) is 11.8. The highest BCUT2D eigenvalue weighted by Crippen LogP contribution is 2.28. The molecule has 0 spiro atoms. The molecule has 0 aromatic carbocycles. The summed E-state index contributed by atoms with van der Waals surface area (Å²) in [6.07, 6.45) is 3.65. The third-order valence-electron chi connectivity index (χ3n) is 3.42. The maximum absolute atomic E-state index is 5.28. The first-order valence-electron chi connectivity index (χ1n) is 7.40. The number of H-pyrrole nitrogens is 1. The number of thiophene rings is 1. The molecular formula is C15H14N6OS2. The van der Waals surface area contributed by atoms with Crippen molar-refractivity contribution in [3.05, 3.63) is 41.8 Å². The first kappa shape index (κ1) is 15.2. The van der Waals surface area contributed by atoms with Crippen molar-refractivity contribution < 1.29 is 4.52 Å². The van der Waals surface area contributed by atoms with Crippen LogP contribution in [0.2, 0.25) is 0 Å². The van der Waals surface area contributed by atoms with Gasteiger partial charge in [0.15, 0.2) is 16.8 Å². The molecule has 0 aliphatic rings. The zero-order valence-corrected chi connectivity index (χ0v) is 14.5. The van der Waals surface area contributed by atoms with Crippen molar-refractivity contribution in [3.8, 4) is 22.2 Å². The van der Waals surface area contributed by atoms with Gasteiger partial charge >= 0.3 is 0 Å². The Morgan fingerprint density at radius 1 is 1.33 bits per heavy atom. The Hall–Kier alpha value is -2.39. The lowest BCUT2D eigenvalue weighted by Crippen LogP contribution is -1.99. The molecule has 122 valence electrons. The van der Waals surface area contributed by atoms with E-state index in [2.05, 4.69) is 42.9 Å². The molecule has 9 heteroatoms. The van der Waals surface area contributed by atoms with Gasteiger partial charge in [-0.15, -0.1) is 21.5 Å². The first-order valence-corrected chi connectivity index (χ1v) is 9.27. The predicted molar refractivity (Wildman–Crippen MR) is 92.7 cm³/mol. The van der Waals surface area contributed by atoms with Gasteiger partial charge in [-0.05, 0) is 24.4 Å². The molecule has 0 fully saturated rings. The molecule has 0 aliphatic heterocycles. The van der Waals surface area contributed by atoms with Gasteiger partial charge < -0.3 is 14.1 Å². The van der Waals surface area contributed by atoms with Crippen LogP contribution in [0.15, 0.2) is 45.7 Å². The summed E-state index contributed by atoms with van der Waals surface area (Å²) in [6, 6.07) is 5.96. The second-order valence-electron chi connectivity index (χ2n) is 4.93. The van der Waals surface area contributed by atoms with Crippen LogP contribution in [-0.2, 0) is 12.3 Å². The maximum atomic E-state index is 5.28. The van der Waals surface area contributed by atoms with Gasteiger partial charge in [-0.1, -0.05) is 23.0 Å². The summed E-state index contributed by atoms with van der Waals surface area (Å²) < 4.78 is 7.38. The summed E-state index contributed by atoms with van der Waals surface area (Å²) in [5.74, 6) is 2.63. The van der Waals surface area contributed by atoms with Gasteiger partial charge in [-0.25, -0.2) is 0 Å². The van der Waals surface area contributed by atoms with Crippen molar-refractivity contribution in [2.75, 3.05) is 0 Å². The molecule has 4 heterocycles. The van der Waals surface area contributed by atoms with Gasteiger partial charge in [-0.3, -0.25) is 0 Å². The quantitative estimate of drug-likeness (QED) is 0.529. The molecule has 1 N–H and O–H groups in total. The minimum Gasteiger partial charge on any atom is -0.367 e. The van der Waals surface area contributed by atoms with E-state index < -0.39 is 0 Å². The van der Waals surface area contributed by atoms with E-state index in [9.17, 15) is 0 Å². The van der Waals surface area contributed by atoms with Crippen molar-refractivity contribution in [2.45, 2.75) is 24.4 Å². The van der Waals surface area contributed by atoms with Crippen LogP contribution in [0.3, 0.4) is 0 Å². The molecule has 4 aromatic rings. The smallest absolute Gasteiger partial charge is 0.259 e. The molecule has 0 aliphatic carbocycles. The molecule has 4 aromatic heterocycles. The highest BCUT2D eigenvalue weighted by atomic mass is 32.2. The second kappa shape index (κ2) is 6.62. The van der Waals surface area contributed by atoms with Gasteiger partial charge in [0.25, 0.3) is 5.89 Å². The fourth-order valence-electron chi connectivity index (χ4n) is 2.28. The van der Waals surface area contributed by atoms with Gasteiger partial charge in [-0.2, -0.15) is 4.98 Å². The van der Waals surface area contributed by atoms with E-state index in [4.69, 9.17) is 4.52 Å². The summed E-state index contributed by atoms with van der Waals surface area (Å²) in [5, 5.41) is 15.5. The lowest BCUT2D eigenvalue weighted by molar-refractivity contribution is 0.425. The van der Waals surface area contributed by atoms with Gasteiger partial charge in [0.2, 0.25) is 0 Å². The minimum absolute atomic E-state index is 0.517. The van der Waals surface area contributed by atoms with Crippen molar-refractivity contribution >= 4 is 23.1 Å². The number of hydrogen-bond donors (Lipinski definition) is 1. The number of aromatic amines is 1. The summed E-state index contributed by atoms with van der Waals surface area (Å²) >= 11 is 3.21. The van der Waals surface area contributed by atoms with Gasteiger partial charge in [0.1, 0.15) is 0 Å². The van der Waals surface area contributed by atoms with Crippen molar-refractivity contribution in [2.24, 2.45) is 0 Å². The highest BCUT2D eigenvalue weighted by molar-refractivity contribution is 7.98. The molecule has 0 atom stereocenters. The van der Waals surface area contributed by atoms with E-state index in [1.54, 1.807) is 23.1 Å². The van der Waals surface area contributed by atoms with Gasteiger partial charge in [0, 0.05) is 18.9 Å². The van der Waals surface area contributed by atoms with E-state index in [1.165, 1.54) is 0 Å². The zero-order valence-electron chi connectivity index (χ0n) is 12.8. The fourth-order valence-corrected chi connectivity index (χ4v) is 3.85. The molecule has 24 heavy (non-hydrogen) atoms. The van der Waals surface area contributed by atoms with Crippen LogP contribution >= 0.6 is 23.1 Å². The maximum Gasteiger partial charge on any atom is 0.259 e. The molecule has 7 nitrogen and oxygen atoms in total. The number of nitrogens with zero attached hydrogens (tertiary/aromatic N) is 5. The van der Waals surface area contributed by atoms with E-state index >= 15 is 0 Å². The Bertz CT molecular complexity index is 910. The molecule has 0 radical (unpaired) electrons. The number of hydrogen-bond acceptors (Lipinski definition) is 7. The third kappa shape index (κ3) is 2.87. The number of aromatic nitrogens is 6. The Kier molecular flexibility index (Phi) is 4.18. The zero-order chi connectivity index (χ0) is 16.4. The number of rotatable bonds is 6. The SMILES string of the molecule is CCn1c(SCc2noc(-c3cc[nH]c3)n2)nnc1-c1cccs1. The standard InChI is InChI=1S/C15H14N6OS2/c1-2-21-13(11-4-3-7-23-11)18-19-15(21)24-9-12-17-14(22-20-12)10-5-6-16-8-10/h3-8,16H,2,9H2,1H3. The molecule has 0 unspecified atom stereocenters. The Labute approximate surface area is 146 Å². The van der Waals surface area contributed by atoms with Crippen LogP contribution in [0.5, 0.6) is 0 Å². The average Bonchev–Trinajstić information content (AvgIpc) is 3.40. The molecule has 0 saturated heterocycles. The number of thioether (sulfide) groups is 1. The topological polar surface area (TPSA) is 85.4 Å². The average molecular weight is 358 g/mol. The summed E-state index contributed by atoms with van der Waals surface area (Å²) in [5.41, 5.74) is 0.885. The Morgan fingerprint density at radius 3 is 3.04 bits per heavy atom. The van der Waals surface area contributed by atoms with Crippen LogP contribution in [0.1, 0.15) is 12.7 Å². The van der Waals surface area contributed by atoms with Crippen LogP contribution in [0.25, 0.3) is 22.2 Å². The summed E-state index contributed by atoms with van der Waals surface area (Å²) in [6.45, 7) is 2.90. The van der Waals surface area contributed by atoms with Gasteiger partial charge in [0.05, 0.1) is 16.2 Å². The summed E-state index contributed by atoms with van der Waals surface area (Å²) in [4.78, 5) is 8.50. The van der Waals surface area contributed by atoms with Crippen LogP contribution in [0.4, 0.5) is 0 Å². The van der Waals surface area contributed by atoms with E-state index in [0.717, 1.165) is 28.0 Å². The van der Waals surface area contributed by atoms with E-state index in [0.29, 0.717) is 17.5 Å². The Morgan fingerprint density at radius 2 is 2.29 bits per heavy atom. The molecule has 0 bridgehead atoms. The van der Waals surface area contributed by atoms with Crippen molar-refractivity contribution in [1.29, 1.82) is 0 Å². The highest BCUT2D eigenvalue weighted by Gasteiger charge is 2.15. The summed E-state index contributed by atoms with van der Waals surface area (Å²) in [7, 11) is 0. The van der Waals surface area contributed by atoms with Crippen molar-refractivity contribution in [1.82, 2.24) is 29.9 Å². The van der Waals surface area contributed by atoms with E-state index in [1.807, 2.05) is 29.9 Å². The lowest BCUT2D eigenvalue weighted by Gasteiger charge is -2.04. The fraction of sp³-hybridized carbons (Fsp3) is 0.200. The lowest BCUT2D eigenvalue weighted by atomic mass is 10.3. The predicted octanol–water partition coefficient (Wildman–Crippen LogP) is 3.70. The number of nitrogens with one attached hydrogen (secondary N) is 1. The molecular weight excluding hydrogens is 344 g/mol. The molecule has 4 rings (SSSR count). The van der Waals surface area contributed by atoms with Crippen LogP contribution < -0.4 is 0 Å².